The molecule has 4 rings (SSSR count). The highest BCUT2D eigenvalue weighted by atomic mass is 32.2. The van der Waals surface area contributed by atoms with Gasteiger partial charge in [-0.25, -0.2) is 0 Å². The summed E-state index contributed by atoms with van der Waals surface area (Å²) in [5.41, 5.74) is 1.70. The van der Waals surface area contributed by atoms with Crippen molar-refractivity contribution in [2.24, 2.45) is 0 Å². The molecule has 1 aromatic carbocycles. The lowest BCUT2D eigenvalue weighted by molar-refractivity contribution is 0.390. The number of nitrogens with zero attached hydrogens (tertiary/aromatic N) is 4. The highest BCUT2D eigenvalue weighted by Gasteiger charge is 2.24. The summed E-state index contributed by atoms with van der Waals surface area (Å²) in [7, 11) is 3.24. The molecule has 0 saturated heterocycles. The van der Waals surface area contributed by atoms with E-state index in [2.05, 4.69) is 20.4 Å². The second kappa shape index (κ2) is 7.81. The second-order valence-electron chi connectivity index (χ2n) is 5.93. The summed E-state index contributed by atoms with van der Waals surface area (Å²) < 4.78 is 18.9. The molecule has 3 aromatic heterocycles. The number of H-pyrrole nitrogens is 1. The van der Waals surface area contributed by atoms with Crippen LogP contribution in [0.5, 0.6) is 11.5 Å². The lowest BCUT2D eigenvalue weighted by Gasteiger charge is -2.16. The number of aryl methyl sites for hydroxylation is 1. The fraction of sp³-hybridized carbons (Fsp3) is 0.211. The van der Waals surface area contributed by atoms with Gasteiger partial charge in [-0.05, 0) is 37.3 Å². The van der Waals surface area contributed by atoms with E-state index in [1.165, 1.54) is 11.8 Å². The van der Waals surface area contributed by atoms with Crippen LogP contribution >= 0.6 is 11.8 Å². The number of aromatic amines is 1. The molecule has 0 fully saturated rings. The van der Waals surface area contributed by atoms with Gasteiger partial charge in [0.1, 0.15) is 22.9 Å². The van der Waals surface area contributed by atoms with Gasteiger partial charge in [-0.15, -0.1) is 10.2 Å². The van der Waals surface area contributed by atoms with Gasteiger partial charge < -0.3 is 13.9 Å². The van der Waals surface area contributed by atoms with Gasteiger partial charge in [0.2, 0.25) is 5.82 Å². The predicted molar refractivity (Wildman–Crippen MR) is 105 cm³/mol. The minimum Gasteiger partial charge on any atom is -0.494 e. The molecule has 3 heterocycles. The van der Waals surface area contributed by atoms with Gasteiger partial charge in [-0.1, -0.05) is 17.8 Å². The minimum absolute atomic E-state index is 0.572. The summed E-state index contributed by atoms with van der Waals surface area (Å²) >= 11 is 1.53. The number of benzene rings is 1. The molecule has 0 radical (unpaired) electrons. The van der Waals surface area contributed by atoms with E-state index in [0.29, 0.717) is 39.7 Å². The number of ether oxygens (including phenoxy) is 2. The Morgan fingerprint density at radius 3 is 2.46 bits per heavy atom. The maximum absolute atomic E-state index is 5.81. The maximum atomic E-state index is 5.81. The van der Waals surface area contributed by atoms with E-state index < -0.39 is 0 Å². The molecule has 28 heavy (non-hydrogen) atoms. The SMILES string of the molecule is COc1cccc(OC)c1-n1c(SCc2ccn[nH]2)nnc1-c1ccc(C)o1. The predicted octanol–water partition coefficient (Wildman–Crippen LogP) is 3.87. The average molecular weight is 397 g/mol. The molecule has 0 atom stereocenters. The Labute approximate surface area is 165 Å². The number of aromatic nitrogens is 5. The Bertz CT molecular complexity index is 1050. The summed E-state index contributed by atoms with van der Waals surface area (Å²) in [6.07, 6.45) is 1.72. The molecule has 0 amide bonds. The number of hydrogen-bond acceptors (Lipinski definition) is 7. The third-order valence-corrected chi connectivity index (χ3v) is 5.11. The molecule has 0 bridgehead atoms. The van der Waals surface area contributed by atoms with E-state index in [1.54, 1.807) is 20.4 Å². The molecule has 0 spiro atoms. The number of furan rings is 1. The molecule has 9 heteroatoms. The third kappa shape index (κ3) is 3.36. The van der Waals surface area contributed by atoms with Gasteiger partial charge in [0, 0.05) is 17.6 Å². The highest BCUT2D eigenvalue weighted by Crippen LogP contribution is 2.39. The Balaban J connectivity index is 1.87. The zero-order valence-electron chi connectivity index (χ0n) is 15.7. The second-order valence-corrected chi connectivity index (χ2v) is 6.88. The molecular formula is C19H19N5O3S. The van der Waals surface area contributed by atoms with Gasteiger partial charge in [0.15, 0.2) is 10.9 Å². The van der Waals surface area contributed by atoms with Crippen molar-refractivity contribution in [2.45, 2.75) is 17.8 Å². The first kappa shape index (κ1) is 18.2. The van der Waals surface area contributed by atoms with Crippen molar-refractivity contribution in [1.82, 2.24) is 25.0 Å². The Kier molecular flexibility index (Phi) is 5.07. The normalized spacial score (nSPS) is 11.0. The van der Waals surface area contributed by atoms with Gasteiger partial charge in [-0.3, -0.25) is 9.67 Å². The van der Waals surface area contributed by atoms with E-state index in [4.69, 9.17) is 13.9 Å². The summed E-state index contributed by atoms with van der Waals surface area (Å²) in [6, 6.07) is 11.3. The van der Waals surface area contributed by atoms with Crippen LogP contribution in [0.25, 0.3) is 17.3 Å². The molecule has 144 valence electrons. The van der Waals surface area contributed by atoms with E-state index in [9.17, 15) is 0 Å². The van der Waals surface area contributed by atoms with Gasteiger partial charge in [0.05, 0.1) is 14.2 Å². The minimum atomic E-state index is 0.572. The van der Waals surface area contributed by atoms with Gasteiger partial charge >= 0.3 is 0 Å². The van der Waals surface area contributed by atoms with Crippen molar-refractivity contribution in [3.8, 4) is 28.8 Å². The van der Waals surface area contributed by atoms with E-state index in [-0.39, 0.29) is 0 Å². The zero-order chi connectivity index (χ0) is 19.5. The largest absolute Gasteiger partial charge is 0.494 e. The first-order chi connectivity index (χ1) is 13.7. The summed E-state index contributed by atoms with van der Waals surface area (Å²) in [4.78, 5) is 0. The molecule has 8 nitrogen and oxygen atoms in total. The topological polar surface area (TPSA) is 91.0 Å². The lowest BCUT2D eigenvalue weighted by atomic mass is 10.2. The first-order valence-corrected chi connectivity index (χ1v) is 9.54. The number of hydrogen-bond donors (Lipinski definition) is 1. The third-order valence-electron chi connectivity index (χ3n) is 4.13. The van der Waals surface area contributed by atoms with Crippen LogP contribution in [-0.2, 0) is 5.75 Å². The lowest BCUT2D eigenvalue weighted by Crippen LogP contribution is -2.04. The van der Waals surface area contributed by atoms with Crippen LogP contribution in [0.1, 0.15) is 11.5 Å². The van der Waals surface area contributed by atoms with E-state index >= 15 is 0 Å². The first-order valence-electron chi connectivity index (χ1n) is 8.56. The van der Waals surface area contributed by atoms with Crippen LogP contribution < -0.4 is 9.47 Å². The van der Waals surface area contributed by atoms with Crippen molar-refractivity contribution >= 4 is 11.8 Å². The van der Waals surface area contributed by atoms with Crippen molar-refractivity contribution in [3.63, 3.8) is 0 Å². The summed E-state index contributed by atoms with van der Waals surface area (Å²) in [5.74, 6) is 3.93. The average Bonchev–Trinajstić information content (AvgIpc) is 3.46. The van der Waals surface area contributed by atoms with Crippen LogP contribution in [0.3, 0.4) is 0 Å². The van der Waals surface area contributed by atoms with Crippen LogP contribution in [-0.4, -0.2) is 39.2 Å². The molecule has 0 aliphatic heterocycles. The maximum Gasteiger partial charge on any atom is 0.205 e. The fourth-order valence-electron chi connectivity index (χ4n) is 2.84. The monoisotopic (exact) mass is 397 g/mol. The van der Waals surface area contributed by atoms with Crippen molar-refractivity contribution in [3.05, 3.63) is 54.0 Å². The van der Waals surface area contributed by atoms with Crippen LogP contribution in [0.2, 0.25) is 0 Å². The Hall–Kier alpha value is -3.20. The van der Waals surface area contributed by atoms with Gasteiger partial charge in [-0.2, -0.15) is 5.10 Å². The number of methoxy groups -OCH3 is 2. The molecule has 0 aliphatic rings. The number of rotatable bonds is 7. The molecule has 0 unspecified atom stereocenters. The van der Waals surface area contributed by atoms with Crippen molar-refractivity contribution < 1.29 is 13.9 Å². The van der Waals surface area contributed by atoms with Gasteiger partial charge in [0.25, 0.3) is 0 Å². The summed E-state index contributed by atoms with van der Waals surface area (Å²) in [6.45, 7) is 1.89. The molecule has 4 aromatic rings. The highest BCUT2D eigenvalue weighted by molar-refractivity contribution is 7.98. The summed E-state index contributed by atoms with van der Waals surface area (Å²) in [5, 5.41) is 16.4. The number of nitrogens with one attached hydrogen (secondary N) is 1. The van der Waals surface area contributed by atoms with Crippen LogP contribution in [0.4, 0.5) is 0 Å². The molecule has 0 aliphatic carbocycles. The quantitative estimate of drug-likeness (QED) is 0.473. The fourth-order valence-corrected chi connectivity index (χ4v) is 3.69. The zero-order valence-corrected chi connectivity index (χ0v) is 16.5. The van der Waals surface area contributed by atoms with Crippen LogP contribution in [0.15, 0.2) is 52.2 Å². The molecule has 1 N–H and O–H groups in total. The van der Waals surface area contributed by atoms with E-state index in [1.807, 2.05) is 47.9 Å². The van der Waals surface area contributed by atoms with Crippen molar-refractivity contribution in [1.29, 1.82) is 0 Å². The Morgan fingerprint density at radius 2 is 1.86 bits per heavy atom. The van der Waals surface area contributed by atoms with E-state index in [0.717, 1.165) is 11.5 Å². The van der Waals surface area contributed by atoms with Crippen LogP contribution in [0, 0.1) is 6.92 Å². The molecule has 0 saturated carbocycles. The molecular weight excluding hydrogens is 378 g/mol. The number of thioether (sulfide) groups is 1. The number of para-hydroxylation sites is 1. The van der Waals surface area contributed by atoms with Crippen molar-refractivity contribution in [2.75, 3.05) is 14.2 Å². The smallest absolute Gasteiger partial charge is 0.205 e. The standard InChI is InChI=1S/C19H19N5O3S/c1-12-7-8-16(27-12)18-22-23-19(28-11-13-9-10-20-21-13)24(18)17-14(25-2)5-4-6-15(17)26-3/h4-10H,11H2,1-3H3,(H,20,21). The Morgan fingerprint density at radius 1 is 1.07 bits per heavy atom.